The maximum Gasteiger partial charge on any atom is 0.161 e. The first-order valence-corrected chi connectivity index (χ1v) is 6.62. The molecule has 4 heteroatoms. The minimum atomic E-state index is -0.0690. The van der Waals surface area contributed by atoms with E-state index in [1.807, 2.05) is 0 Å². The monoisotopic (exact) mass is 244 g/mol. The van der Waals surface area contributed by atoms with Crippen LogP contribution in [0.4, 0.5) is 0 Å². The van der Waals surface area contributed by atoms with Gasteiger partial charge in [-0.1, -0.05) is 13.8 Å². The average Bonchev–Trinajstić information content (AvgIpc) is 2.69. The molecule has 1 aliphatic heterocycles. The zero-order valence-electron chi connectivity index (χ0n) is 12.0. The highest BCUT2D eigenvalue weighted by atomic mass is 16.7. The number of methoxy groups -OCH3 is 2. The van der Waals surface area contributed by atoms with Crippen LogP contribution < -0.4 is 0 Å². The maximum atomic E-state index is 5.44. The number of hydrogen-bond acceptors (Lipinski definition) is 4. The Morgan fingerprint density at radius 2 is 1.76 bits per heavy atom. The molecule has 0 saturated carbocycles. The van der Waals surface area contributed by atoms with E-state index in [1.54, 1.807) is 14.2 Å². The molecule has 2 unspecified atom stereocenters. The van der Waals surface area contributed by atoms with E-state index >= 15 is 0 Å². The molecule has 1 heterocycles. The Hall–Kier alpha value is -0.160. The molecule has 0 amide bonds. The zero-order chi connectivity index (χ0) is 12.8. The molecular formula is C13H28N2O2. The third kappa shape index (κ3) is 3.91. The van der Waals surface area contributed by atoms with E-state index in [1.165, 1.54) is 0 Å². The van der Waals surface area contributed by atoms with Crippen LogP contribution in [0.3, 0.4) is 0 Å². The first-order chi connectivity index (χ1) is 8.15. The van der Waals surface area contributed by atoms with Crippen LogP contribution in [0.25, 0.3) is 0 Å². The molecule has 2 atom stereocenters. The molecule has 1 aliphatic rings. The van der Waals surface area contributed by atoms with Gasteiger partial charge in [0.2, 0.25) is 0 Å². The second kappa shape index (κ2) is 7.31. The van der Waals surface area contributed by atoms with Crippen LogP contribution in [-0.4, -0.2) is 70.1 Å². The molecule has 1 rings (SSSR count). The van der Waals surface area contributed by atoms with Gasteiger partial charge >= 0.3 is 0 Å². The van der Waals surface area contributed by atoms with Crippen molar-refractivity contribution in [1.29, 1.82) is 0 Å². The topological polar surface area (TPSA) is 24.9 Å². The van der Waals surface area contributed by atoms with Gasteiger partial charge in [-0.15, -0.1) is 0 Å². The van der Waals surface area contributed by atoms with Gasteiger partial charge in [0.25, 0.3) is 0 Å². The summed E-state index contributed by atoms with van der Waals surface area (Å²) in [5.74, 6) is 1.13. The Bertz CT molecular complexity index is 206. The summed E-state index contributed by atoms with van der Waals surface area (Å²) < 4.78 is 10.9. The fourth-order valence-corrected chi connectivity index (χ4v) is 2.88. The lowest BCUT2D eigenvalue weighted by atomic mass is 9.94. The summed E-state index contributed by atoms with van der Waals surface area (Å²) in [7, 11) is 5.65. The maximum absolute atomic E-state index is 5.44. The molecule has 0 N–H and O–H groups in total. The van der Waals surface area contributed by atoms with Crippen LogP contribution in [0.5, 0.6) is 0 Å². The first kappa shape index (κ1) is 14.9. The molecule has 1 fully saturated rings. The molecule has 0 spiro atoms. The van der Waals surface area contributed by atoms with Gasteiger partial charge in [0.1, 0.15) is 0 Å². The van der Waals surface area contributed by atoms with E-state index in [9.17, 15) is 0 Å². The Labute approximate surface area is 106 Å². The largest absolute Gasteiger partial charge is 0.356 e. The standard InChI is InChI=1S/C13H28N2O2/c1-6-15(7-2)9-11-8-14(3)10-12(11)13(16-4)17-5/h11-13H,6-10H2,1-5H3. The van der Waals surface area contributed by atoms with Gasteiger partial charge in [0.05, 0.1) is 0 Å². The predicted octanol–water partition coefficient (Wildman–Crippen LogP) is 1.12. The second-order valence-electron chi connectivity index (χ2n) is 4.97. The van der Waals surface area contributed by atoms with Crippen LogP contribution in [-0.2, 0) is 9.47 Å². The van der Waals surface area contributed by atoms with Crippen molar-refractivity contribution in [2.75, 3.05) is 54.0 Å². The minimum absolute atomic E-state index is 0.0690. The fourth-order valence-electron chi connectivity index (χ4n) is 2.88. The zero-order valence-corrected chi connectivity index (χ0v) is 12.0. The Balaban J connectivity index is 2.60. The lowest BCUT2D eigenvalue weighted by Gasteiger charge is -2.29. The number of hydrogen-bond donors (Lipinski definition) is 0. The SMILES string of the molecule is CCN(CC)CC1CN(C)CC1C(OC)OC. The predicted molar refractivity (Wildman–Crippen MR) is 70.1 cm³/mol. The van der Waals surface area contributed by atoms with E-state index in [2.05, 4.69) is 30.7 Å². The summed E-state index contributed by atoms with van der Waals surface area (Å²) >= 11 is 0. The van der Waals surface area contributed by atoms with Gasteiger partial charge in [0.15, 0.2) is 6.29 Å². The lowest BCUT2D eigenvalue weighted by Crippen LogP contribution is -2.37. The van der Waals surface area contributed by atoms with Crippen molar-refractivity contribution in [3.05, 3.63) is 0 Å². The summed E-state index contributed by atoms with van der Waals surface area (Å²) in [6.07, 6.45) is -0.0690. The van der Waals surface area contributed by atoms with Crippen molar-refractivity contribution in [2.45, 2.75) is 20.1 Å². The first-order valence-electron chi connectivity index (χ1n) is 6.62. The molecule has 0 aromatic carbocycles. The van der Waals surface area contributed by atoms with Gasteiger partial charge < -0.3 is 19.3 Å². The second-order valence-corrected chi connectivity index (χ2v) is 4.97. The van der Waals surface area contributed by atoms with E-state index in [-0.39, 0.29) is 6.29 Å². The van der Waals surface area contributed by atoms with Crippen molar-refractivity contribution in [3.8, 4) is 0 Å². The molecule has 0 aromatic heterocycles. The van der Waals surface area contributed by atoms with Crippen LogP contribution in [0.1, 0.15) is 13.8 Å². The molecule has 0 aliphatic carbocycles. The van der Waals surface area contributed by atoms with Gasteiger partial charge in [-0.3, -0.25) is 0 Å². The highest BCUT2D eigenvalue weighted by Gasteiger charge is 2.37. The smallest absolute Gasteiger partial charge is 0.161 e. The molecule has 102 valence electrons. The summed E-state index contributed by atoms with van der Waals surface area (Å²) in [5, 5.41) is 0. The Kier molecular flexibility index (Phi) is 6.41. The number of rotatable bonds is 7. The number of ether oxygens (including phenoxy) is 2. The van der Waals surface area contributed by atoms with E-state index < -0.39 is 0 Å². The lowest BCUT2D eigenvalue weighted by molar-refractivity contribution is -0.143. The Morgan fingerprint density at radius 1 is 1.18 bits per heavy atom. The molecule has 0 bridgehead atoms. The average molecular weight is 244 g/mol. The molecule has 17 heavy (non-hydrogen) atoms. The molecule has 4 nitrogen and oxygen atoms in total. The Morgan fingerprint density at radius 3 is 2.24 bits per heavy atom. The molecule has 0 aromatic rings. The van der Waals surface area contributed by atoms with Gasteiger partial charge in [0, 0.05) is 39.8 Å². The summed E-state index contributed by atoms with van der Waals surface area (Å²) in [4.78, 5) is 4.86. The summed E-state index contributed by atoms with van der Waals surface area (Å²) in [5.41, 5.74) is 0. The van der Waals surface area contributed by atoms with Crippen LogP contribution in [0.15, 0.2) is 0 Å². The van der Waals surface area contributed by atoms with E-state index in [0.29, 0.717) is 11.8 Å². The number of likely N-dealkylation sites (tertiary alicyclic amines) is 1. The van der Waals surface area contributed by atoms with E-state index in [0.717, 1.165) is 32.7 Å². The third-order valence-corrected chi connectivity index (χ3v) is 3.88. The third-order valence-electron chi connectivity index (χ3n) is 3.88. The van der Waals surface area contributed by atoms with Crippen molar-refractivity contribution >= 4 is 0 Å². The highest BCUT2D eigenvalue weighted by Crippen LogP contribution is 2.27. The van der Waals surface area contributed by atoms with Crippen molar-refractivity contribution in [3.63, 3.8) is 0 Å². The van der Waals surface area contributed by atoms with Gasteiger partial charge in [-0.05, 0) is 26.1 Å². The van der Waals surface area contributed by atoms with Crippen LogP contribution in [0.2, 0.25) is 0 Å². The quantitative estimate of drug-likeness (QED) is 0.627. The minimum Gasteiger partial charge on any atom is -0.356 e. The number of nitrogens with zero attached hydrogens (tertiary/aromatic N) is 2. The molecule has 1 saturated heterocycles. The van der Waals surface area contributed by atoms with Gasteiger partial charge in [-0.25, -0.2) is 0 Å². The summed E-state index contributed by atoms with van der Waals surface area (Å²) in [6.45, 7) is 10.0. The van der Waals surface area contributed by atoms with Gasteiger partial charge in [-0.2, -0.15) is 0 Å². The van der Waals surface area contributed by atoms with Crippen LogP contribution >= 0.6 is 0 Å². The fraction of sp³-hybridized carbons (Fsp3) is 1.00. The van der Waals surface area contributed by atoms with E-state index in [4.69, 9.17) is 9.47 Å². The van der Waals surface area contributed by atoms with Crippen LogP contribution in [0, 0.1) is 11.8 Å². The van der Waals surface area contributed by atoms with Crippen molar-refractivity contribution in [2.24, 2.45) is 11.8 Å². The van der Waals surface area contributed by atoms with Crippen molar-refractivity contribution < 1.29 is 9.47 Å². The van der Waals surface area contributed by atoms with Crippen molar-refractivity contribution in [1.82, 2.24) is 9.80 Å². The summed E-state index contributed by atoms with van der Waals surface area (Å²) in [6, 6.07) is 0. The molecular weight excluding hydrogens is 216 g/mol. The normalized spacial score (nSPS) is 26.3. The highest BCUT2D eigenvalue weighted by molar-refractivity contribution is 4.86. The molecule has 0 radical (unpaired) electrons.